The van der Waals surface area contributed by atoms with Gasteiger partial charge in [-0.15, -0.1) is 0 Å². The van der Waals surface area contributed by atoms with Crippen LogP contribution >= 0.6 is 0 Å². The van der Waals surface area contributed by atoms with Gasteiger partial charge in [-0.2, -0.15) is 13.2 Å². The minimum Gasteiger partial charge on any atom is -0.497 e. The number of benzene rings is 1. The lowest BCUT2D eigenvalue weighted by molar-refractivity contribution is -0.192. The molecule has 2 aliphatic rings. The highest BCUT2D eigenvalue weighted by Gasteiger charge is 2.42. The van der Waals surface area contributed by atoms with Crippen molar-refractivity contribution in [1.29, 1.82) is 0 Å². The number of likely N-dealkylation sites (N-methyl/N-ethyl adjacent to an activating group) is 1. The molecule has 0 radical (unpaired) electrons. The number of rotatable bonds is 3. The molecule has 2 fully saturated rings. The maximum atomic E-state index is 12.6. The van der Waals surface area contributed by atoms with Gasteiger partial charge in [-0.25, -0.2) is 4.79 Å². The van der Waals surface area contributed by atoms with Crippen LogP contribution in [0.4, 0.5) is 18.9 Å². The van der Waals surface area contributed by atoms with E-state index in [1.54, 1.807) is 7.11 Å². The second-order valence-electron chi connectivity index (χ2n) is 7.26. The number of carbonyl (C=O) groups excluding carboxylic acids is 1. The Kier molecular flexibility index (Phi) is 8.04. The average Bonchev–Trinajstić information content (AvgIpc) is 2.68. The Labute approximate surface area is 172 Å². The first-order chi connectivity index (χ1) is 14.0. The zero-order valence-electron chi connectivity index (χ0n) is 16.8. The lowest BCUT2D eigenvalue weighted by Crippen LogP contribution is -2.60. The molecule has 0 aromatic heterocycles. The number of alkyl halides is 3. The Morgan fingerprint density at radius 1 is 1.33 bits per heavy atom. The van der Waals surface area contributed by atoms with Crippen LogP contribution in [0.3, 0.4) is 0 Å². The number of carbonyl (C=O) groups is 2. The topological polar surface area (TPSA) is 100 Å². The van der Waals surface area contributed by atoms with Crippen LogP contribution < -0.4 is 15.4 Å². The molecule has 2 aliphatic heterocycles. The number of aliphatic carboxylic acids is 1. The average molecular weight is 433 g/mol. The van der Waals surface area contributed by atoms with Crippen molar-refractivity contribution in [2.45, 2.75) is 30.7 Å². The van der Waals surface area contributed by atoms with Crippen molar-refractivity contribution in [3.8, 4) is 5.75 Å². The second kappa shape index (κ2) is 10.1. The van der Waals surface area contributed by atoms with Crippen molar-refractivity contribution < 1.29 is 37.3 Å². The minimum absolute atomic E-state index is 0.0947. The third-order valence-electron chi connectivity index (χ3n) is 4.81. The van der Waals surface area contributed by atoms with Crippen LogP contribution in [0.15, 0.2) is 24.3 Å². The number of methoxy groups -OCH3 is 1. The number of hydrogen-bond donors (Lipinski definition) is 3. The third-order valence-corrected chi connectivity index (χ3v) is 4.81. The van der Waals surface area contributed by atoms with Gasteiger partial charge in [-0.05, 0) is 45.1 Å². The van der Waals surface area contributed by atoms with Crippen LogP contribution in [0.25, 0.3) is 0 Å². The fraction of sp³-hybridized carbons (Fsp3) is 0.579. The van der Waals surface area contributed by atoms with Crippen molar-refractivity contribution in [1.82, 2.24) is 10.2 Å². The van der Waals surface area contributed by atoms with Gasteiger partial charge < -0.3 is 30.1 Å². The van der Waals surface area contributed by atoms with E-state index in [0.29, 0.717) is 6.54 Å². The van der Waals surface area contributed by atoms with Crippen molar-refractivity contribution in [2.75, 3.05) is 45.7 Å². The van der Waals surface area contributed by atoms with Crippen LogP contribution in [-0.4, -0.2) is 80.1 Å². The Hall–Kier alpha value is -2.37. The number of anilines is 1. The molecule has 3 rings (SSSR count). The molecule has 8 nitrogen and oxygen atoms in total. The minimum atomic E-state index is -5.08. The molecular weight excluding hydrogens is 407 g/mol. The largest absolute Gasteiger partial charge is 0.497 e. The number of hydrogen-bond acceptors (Lipinski definition) is 6. The zero-order valence-corrected chi connectivity index (χ0v) is 16.8. The molecule has 1 unspecified atom stereocenters. The standard InChI is InChI=1S/C17H25N3O3.C2HF3O2/c1-20-11-15(23-17(12-20)6-8-18-9-7-17)16(21)19-13-4-3-5-14(10-13)22-2;3-2(4,5)1(6)7/h3-5,10,15,18H,6-9,11-12H2,1-2H3,(H,19,21);(H,6,7). The highest BCUT2D eigenvalue weighted by atomic mass is 19.4. The quantitative estimate of drug-likeness (QED) is 0.668. The lowest BCUT2D eigenvalue weighted by atomic mass is 9.89. The normalized spacial score (nSPS) is 21.3. The summed E-state index contributed by atoms with van der Waals surface area (Å²) >= 11 is 0. The van der Waals surface area contributed by atoms with E-state index in [1.807, 2.05) is 24.3 Å². The zero-order chi connectivity index (χ0) is 22.4. The number of nitrogens with zero attached hydrogens (tertiary/aromatic N) is 1. The lowest BCUT2D eigenvalue weighted by Gasteiger charge is -2.46. The van der Waals surface area contributed by atoms with Gasteiger partial charge in [0.05, 0.1) is 12.7 Å². The molecular formula is C19H26F3N3O5. The third kappa shape index (κ3) is 6.85. The highest BCUT2D eigenvalue weighted by Crippen LogP contribution is 2.30. The summed E-state index contributed by atoms with van der Waals surface area (Å²) in [5.74, 6) is -2.13. The van der Waals surface area contributed by atoms with Crippen LogP contribution in [-0.2, 0) is 14.3 Å². The molecule has 1 amide bonds. The first-order valence-corrected chi connectivity index (χ1v) is 9.37. The van der Waals surface area contributed by atoms with Gasteiger partial charge in [0.25, 0.3) is 5.91 Å². The fourth-order valence-corrected chi connectivity index (χ4v) is 3.43. The van der Waals surface area contributed by atoms with E-state index in [1.165, 1.54) is 0 Å². The second-order valence-corrected chi connectivity index (χ2v) is 7.26. The number of carboxylic acids is 1. The van der Waals surface area contributed by atoms with Gasteiger partial charge in [0.1, 0.15) is 11.9 Å². The van der Waals surface area contributed by atoms with Crippen LogP contribution in [0.5, 0.6) is 5.75 Å². The summed E-state index contributed by atoms with van der Waals surface area (Å²) in [6, 6.07) is 7.37. The smallest absolute Gasteiger partial charge is 0.490 e. The summed E-state index contributed by atoms with van der Waals surface area (Å²) in [7, 11) is 3.67. The number of nitrogens with one attached hydrogen (secondary N) is 2. The molecule has 30 heavy (non-hydrogen) atoms. The Bertz CT molecular complexity index is 738. The molecule has 0 saturated carbocycles. The summed E-state index contributed by atoms with van der Waals surface area (Å²) in [6.45, 7) is 3.39. The van der Waals surface area contributed by atoms with Gasteiger partial charge in [0.15, 0.2) is 0 Å². The van der Waals surface area contributed by atoms with Crippen LogP contribution in [0.1, 0.15) is 12.8 Å². The van der Waals surface area contributed by atoms with Gasteiger partial charge in [-0.3, -0.25) is 4.79 Å². The molecule has 11 heteroatoms. The first kappa shape index (κ1) is 23.9. The Morgan fingerprint density at radius 3 is 2.53 bits per heavy atom. The molecule has 3 N–H and O–H groups in total. The van der Waals surface area contributed by atoms with E-state index in [-0.39, 0.29) is 11.5 Å². The molecule has 2 saturated heterocycles. The maximum Gasteiger partial charge on any atom is 0.490 e. The summed E-state index contributed by atoms with van der Waals surface area (Å²) < 4.78 is 43.2. The summed E-state index contributed by atoms with van der Waals surface area (Å²) in [6.07, 6.45) is -3.64. The van der Waals surface area contributed by atoms with E-state index in [0.717, 1.165) is 43.9 Å². The molecule has 1 atom stereocenters. The summed E-state index contributed by atoms with van der Waals surface area (Å²) in [5.41, 5.74) is 0.528. The first-order valence-electron chi connectivity index (χ1n) is 9.37. The van der Waals surface area contributed by atoms with Gasteiger partial charge in [0, 0.05) is 24.8 Å². The van der Waals surface area contributed by atoms with Crippen LogP contribution in [0, 0.1) is 0 Å². The number of amides is 1. The fourth-order valence-electron chi connectivity index (χ4n) is 3.43. The maximum absolute atomic E-state index is 12.6. The molecule has 0 bridgehead atoms. The number of carboxylic acid groups (broad SMARTS) is 1. The van der Waals surface area contributed by atoms with Gasteiger partial charge >= 0.3 is 12.1 Å². The Balaban J connectivity index is 0.000000396. The SMILES string of the molecule is COc1cccc(NC(=O)C2CN(C)CC3(CCNCC3)O2)c1.O=C(O)C(F)(F)F. The molecule has 0 aliphatic carbocycles. The number of piperidine rings is 1. The molecule has 1 aromatic carbocycles. The van der Waals surface area contributed by atoms with E-state index in [2.05, 4.69) is 22.6 Å². The Morgan fingerprint density at radius 2 is 1.97 bits per heavy atom. The predicted octanol–water partition coefficient (Wildman–Crippen LogP) is 1.72. The number of morpholine rings is 1. The van der Waals surface area contributed by atoms with Crippen molar-refractivity contribution in [3.63, 3.8) is 0 Å². The predicted molar refractivity (Wildman–Crippen MR) is 103 cm³/mol. The molecule has 168 valence electrons. The van der Waals surface area contributed by atoms with Crippen molar-refractivity contribution >= 4 is 17.6 Å². The van der Waals surface area contributed by atoms with E-state index in [9.17, 15) is 18.0 Å². The monoisotopic (exact) mass is 433 g/mol. The van der Waals surface area contributed by atoms with E-state index < -0.39 is 18.2 Å². The van der Waals surface area contributed by atoms with Gasteiger partial charge in [-0.1, -0.05) is 6.07 Å². The van der Waals surface area contributed by atoms with Crippen LogP contribution in [0.2, 0.25) is 0 Å². The number of ether oxygens (including phenoxy) is 2. The van der Waals surface area contributed by atoms with E-state index in [4.69, 9.17) is 19.4 Å². The van der Waals surface area contributed by atoms with Crippen molar-refractivity contribution in [2.24, 2.45) is 0 Å². The summed E-state index contributed by atoms with van der Waals surface area (Å²) in [4.78, 5) is 23.7. The van der Waals surface area contributed by atoms with E-state index >= 15 is 0 Å². The van der Waals surface area contributed by atoms with Gasteiger partial charge in [0.2, 0.25) is 0 Å². The molecule has 1 aromatic rings. The molecule has 1 spiro atoms. The summed E-state index contributed by atoms with van der Waals surface area (Å²) in [5, 5.41) is 13.4. The number of halogens is 3. The molecule has 2 heterocycles. The van der Waals surface area contributed by atoms with Crippen molar-refractivity contribution in [3.05, 3.63) is 24.3 Å². The highest BCUT2D eigenvalue weighted by molar-refractivity contribution is 5.94.